The number of nitrogens with zero attached hydrogens (tertiary/aromatic N) is 1. The molecule has 0 aliphatic carbocycles. The minimum absolute atomic E-state index is 0. The zero-order valence-electron chi connectivity index (χ0n) is 3.14. The van der Waals surface area contributed by atoms with Gasteiger partial charge >= 0.3 is 0 Å². The molecule has 36 valence electrons. The molecule has 0 radical (unpaired) electrons. The van der Waals surface area contributed by atoms with Gasteiger partial charge in [-0.25, -0.2) is 0 Å². The van der Waals surface area contributed by atoms with Gasteiger partial charge in [0.25, 0.3) is 0 Å². The van der Waals surface area contributed by atoms with Gasteiger partial charge in [-0.15, -0.1) is 0 Å². The molecule has 0 N–H and O–H groups in total. The second-order valence-electron chi connectivity index (χ2n) is 0.238. The maximum absolute atomic E-state index is 7.57. The Hall–Kier alpha value is 1.84. The van der Waals surface area contributed by atoms with Crippen LogP contribution in [-0.4, -0.2) is 0 Å². The largest absolute Gasteiger partial charge is 0.192 e. The van der Waals surface area contributed by atoms with Gasteiger partial charge in [0.2, 0.25) is 0 Å². The van der Waals surface area contributed by atoms with Gasteiger partial charge in [-0.05, 0) is 0 Å². The van der Waals surface area contributed by atoms with Gasteiger partial charge in [-0.3, -0.25) is 0 Å². The quantitative estimate of drug-likeness (QED) is 0.391. The topological polar surface area (TPSA) is 33.0 Å². The monoisotopic (exact) mass is 379 g/mol. The third-order valence-corrected chi connectivity index (χ3v) is 0.395. The van der Waals surface area contributed by atoms with Crippen molar-refractivity contribution in [1.82, 2.24) is 0 Å². The summed E-state index contributed by atoms with van der Waals surface area (Å²) < 4.78 is 3.72. The first kappa shape index (κ1) is 15.9. The molecule has 0 saturated heterocycles. The Morgan fingerprint density at radius 3 is 2.14 bits per heavy atom. The summed E-state index contributed by atoms with van der Waals surface area (Å²) in [7, 11) is 0. The fourth-order valence-corrected chi connectivity index (χ4v) is 0.127. The van der Waals surface area contributed by atoms with Gasteiger partial charge in [0, 0.05) is 52.0 Å². The van der Waals surface area contributed by atoms with E-state index in [1.165, 1.54) is 0 Å². The van der Waals surface area contributed by atoms with Crippen molar-refractivity contribution in [3.8, 4) is 5.40 Å². The Morgan fingerprint density at radius 2 is 2.14 bits per heavy atom. The van der Waals surface area contributed by atoms with Crippen LogP contribution in [0.25, 0.3) is 0 Å². The fourth-order valence-electron chi connectivity index (χ4n) is 0.0141. The molecule has 0 saturated carbocycles. The van der Waals surface area contributed by atoms with E-state index in [9.17, 15) is 0 Å². The van der Waals surface area contributed by atoms with E-state index in [-0.39, 0.29) is 52.0 Å². The summed E-state index contributed by atoms with van der Waals surface area (Å²) in [5.74, 6) is 0. The molecule has 0 aromatic carbocycles. The molecule has 2 nitrogen and oxygen atoms in total. The maximum atomic E-state index is 7.57. The molecule has 0 unspecified atom stereocenters. The molecule has 0 aromatic rings. The van der Waals surface area contributed by atoms with Crippen LogP contribution in [0.5, 0.6) is 0 Å². The summed E-state index contributed by atoms with van der Waals surface area (Å²) in [5.41, 5.74) is 0. The van der Waals surface area contributed by atoms with E-state index < -0.39 is 0 Å². The van der Waals surface area contributed by atoms with Gasteiger partial charge < -0.3 is 0 Å². The average Bonchev–Trinajstić information content (AvgIpc) is 1.41. The van der Waals surface area contributed by atoms with E-state index >= 15 is 0 Å². The molecule has 0 atom stereocenters. The van der Waals surface area contributed by atoms with Crippen LogP contribution in [0.2, 0.25) is 0 Å². The van der Waals surface area contributed by atoms with E-state index in [1.807, 2.05) is 0 Å². The molecule has 0 bridgehead atoms. The van der Waals surface area contributed by atoms with Crippen LogP contribution in [0, 0.1) is 10.7 Å². The van der Waals surface area contributed by atoms with Gasteiger partial charge in [0.05, 0.1) is 11.9 Å². The second-order valence-corrected chi connectivity index (χ2v) is 1.09. The van der Waals surface area contributed by atoms with E-state index in [2.05, 4.69) is 15.6 Å². The summed E-state index contributed by atoms with van der Waals surface area (Å²) in [4.78, 5) is 0. The van der Waals surface area contributed by atoms with Crippen molar-refractivity contribution >= 4 is 23.9 Å². The van der Waals surface area contributed by atoms with Crippen LogP contribution in [-0.2, 0) is 55.8 Å². The first-order valence-electron chi connectivity index (χ1n) is 0.749. The standard InChI is InChI=1S/CClNOS.Hf.Zr/c2-4-5-1-3;;. The van der Waals surface area contributed by atoms with E-state index in [0.717, 1.165) is 0 Å². The zero-order valence-corrected chi connectivity index (χ0v) is 10.8. The average molecular weight is 379 g/mol. The van der Waals surface area contributed by atoms with Crippen molar-refractivity contribution in [3.05, 3.63) is 0 Å². The zero-order chi connectivity index (χ0) is 4.12. The summed E-state index contributed by atoms with van der Waals surface area (Å²) in [6.07, 6.45) is 0. The molecule has 0 amide bonds. The number of hydrogen-bond donors (Lipinski definition) is 0. The molecule has 6 heteroatoms. The van der Waals surface area contributed by atoms with Crippen LogP contribution in [0.4, 0.5) is 0 Å². The first-order chi connectivity index (χ1) is 2.41. The molecule has 7 heavy (non-hydrogen) atoms. The van der Waals surface area contributed by atoms with Gasteiger partial charge in [0.1, 0.15) is 12.0 Å². The van der Waals surface area contributed by atoms with Crippen LogP contribution >= 0.6 is 23.9 Å². The predicted molar refractivity (Wildman–Crippen MR) is 20.1 cm³/mol. The third-order valence-electron chi connectivity index (χ3n) is 0.0688. The Kier molecular flexibility index (Phi) is 35.6. The van der Waals surface area contributed by atoms with E-state index in [4.69, 9.17) is 5.26 Å². The minimum atomic E-state index is 0. The number of hydrogen-bond acceptors (Lipinski definition) is 3. The molecule has 0 rings (SSSR count). The maximum Gasteiger partial charge on any atom is 0.164 e. The smallest absolute Gasteiger partial charge is 0.164 e. The fraction of sp³-hybridized carbons (Fsp3) is 0. The molecule has 0 spiro atoms. The van der Waals surface area contributed by atoms with Crippen molar-refractivity contribution in [3.63, 3.8) is 0 Å². The number of nitriles is 1. The van der Waals surface area contributed by atoms with Crippen LogP contribution in [0.1, 0.15) is 0 Å². The summed E-state index contributed by atoms with van der Waals surface area (Å²) in [6, 6.07) is 0. The predicted octanol–water partition coefficient (Wildman–Crippen LogP) is 1.28. The number of halogens is 1. The molecule has 0 aromatic heterocycles. The van der Waals surface area contributed by atoms with Crippen molar-refractivity contribution in [2.24, 2.45) is 0 Å². The van der Waals surface area contributed by atoms with Crippen LogP contribution in [0.3, 0.4) is 0 Å². The van der Waals surface area contributed by atoms with E-state index in [1.54, 1.807) is 5.40 Å². The summed E-state index contributed by atoms with van der Waals surface area (Å²) >= 11 is 5.08. The molecule has 0 heterocycles. The first-order valence-corrected chi connectivity index (χ1v) is 1.80. The van der Waals surface area contributed by atoms with Crippen LogP contribution < -0.4 is 0 Å². The Balaban J connectivity index is -0.0000000800. The van der Waals surface area contributed by atoms with Crippen LogP contribution in [0.15, 0.2) is 0 Å². The number of rotatable bonds is 1. The molecular weight excluding hydrogens is 379 g/mol. The second kappa shape index (κ2) is 15.7. The molecule has 0 aliphatic rings. The third kappa shape index (κ3) is 18.1. The molecule has 0 fully saturated rings. The van der Waals surface area contributed by atoms with Crippen molar-refractivity contribution in [1.29, 1.82) is 5.26 Å². The van der Waals surface area contributed by atoms with Gasteiger partial charge in [-0.1, -0.05) is 0 Å². The van der Waals surface area contributed by atoms with Crippen molar-refractivity contribution in [2.45, 2.75) is 0 Å². The Labute approximate surface area is 89.2 Å². The van der Waals surface area contributed by atoms with Gasteiger partial charge in [0.15, 0.2) is 5.40 Å². The van der Waals surface area contributed by atoms with E-state index in [0.29, 0.717) is 12.0 Å². The normalized spacial score (nSPS) is 4.57. The van der Waals surface area contributed by atoms with Crippen molar-refractivity contribution < 1.29 is 55.8 Å². The Bertz CT molecular complexity index is 58.1. The SMILES string of the molecule is N#CSOCl.[Hf].[Zr]. The molecular formula is CClHfNOSZr. The minimum Gasteiger partial charge on any atom is -0.192 e. The molecule has 0 aliphatic heterocycles. The summed E-state index contributed by atoms with van der Waals surface area (Å²) in [6.45, 7) is 0. The number of thiocyanates is 1. The van der Waals surface area contributed by atoms with Crippen molar-refractivity contribution in [2.75, 3.05) is 0 Å². The van der Waals surface area contributed by atoms with Gasteiger partial charge in [-0.2, -0.15) is 9.00 Å². The Morgan fingerprint density at radius 1 is 1.71 bits per heavy atom. The summed E-state index contributed by atoms with van der Waals surface area (Å²) in [5, 5.41) is 9.15.